The summed E-state index contributed by atoms with van der Waals surface area (Å²) in [5, 5.41) is 20.3. The van der Waals surface area contributed by atoms with Gasteiger partial charge in [-0.3, -0.25) is 9.36 Å². The van der Waals surface area contributed by atoms with Crippen molar-refractivity contribution >= 4 is 23.4 Å². The molecule has 8 nitrogen and oxygen atoms in total. The summed E-state index contributed by atoms with van der Waals surface area (Å²) in [6.07, 6.45) is 0.960. The molecule has 0 aliphatic rings. The van der Waals surface area contributed by atoms with Gasteiger partial charge in [0.15, 0.2) is 0 Å². The van der Waals surface area contributed by atoms with Gasteiger partial charge in [-0.25, -0.2) is 0 Å². The lowest BCUT2D eigenvalue weighted by atomic mass is 10.1. The Kier molecular flexibility index (Phi) is 5.90. The number of esters is 1. The Balaban J connectivity index is 2.48. The second kappa shape index (κ2) is 7.20. The molecule has 0 fully saturated rings. The van der Waals surface area contributed by atoms with E-state index in [9.17, 15) is 20.0 Å². The lowest BCUT2D eigenvalue weighted by Gasteiger charge is -2.15. The quantitative estimate of drug-likeness (QED) is 0.465. The summed E-state index contributed by atoms with van der Waals surface area (Å²) in [4.78, 5) is 24.1. The number of carbonyl (C=O) groups excluding carboxylic acids is 1. The lowest BCUT2D eigenvalue weighted by Crippen LogP contribution is -2.19. The highest BCUT2D eigenvalue weighted by Gasteiger charge is 2.19. The molecule has 112 valence electrons. The van der Waals surface area contributed by atoms with Crippen LogP contribution in [0.2, 0.25) is 5.28 Å². The van der Waals surface area contributed by atoms with E-state index >= 15 is 0 Å². The van der Waals surface area contributed by atoms with Gasteiger partial charge in [-0.2, -0.15) is 0 Å². The smallest absolute Gasteiger partial charge is 0.383 e. The predicted molar refractivity (Wildman–Crippen MR) is 70.4 cm³/mol. The number of ether oxygens (including phenoxy) is 1. The van der Waals surface area contributed by atoms with E-state index in [0.717, 1.165) is 0 Å². The highest BCUT2D eigenvalue weighted by Crippen LogP contribution is 2.17. The third kappa shape index (κ3) is 5.14. The molecule has 20 heavy (non-hydrogen) atoms. The van der Waals surface area contributed by atoms with Gasteiger partial charge < -0.3 is 20.0 Å². The Bertz CT molecular complexity index is 490. The number of hydrogen-bond acceptors (Lipinski definition) is 6. The zero-order valence-electron chi connectivity index (χ0n) is 11.2. The summed E-state index contributed by atoms with van der Waals surface area (Å²) in [6.45, 7) is 3.13. The van der Waals surface area contributed by atoms with Crippen molar-refractivity contribution in [3.63, 3.8) is 0 Å². The summed E-state index contributed by atoms with van der Waals surface area (Å²) in [6, 6.07) is 0. The van der Waals surface area contributed by atoms with Gasteiger partial charge >= 0.3 is 17.1 Å². The van der Waals surface area contributed by atoms with Crippen molar-refractivity contribution in [1.29, 1.82) is 0 Å². The molecule has 1 N–H and O–H groups in total. The number of aliphatic hydroxyl groups excluding tert-OH is 1. The maximum Gasteiger partial charge on any atom is 0.383 e. The minimum atomic E-state index is -0.765. The lowest BCUT2D eigenvalue weighted by molar-refractivity contribution is -0.389. The van der Waals surface area contributed by atoms with Crippen molar-refractivity contribution in [2.45, 2.75) is 45.4 Å². The predicted octanol–water partition coefficient (Wildman–Crippen LogP) is 1.54. The van der Waals surface area contributed by atoms with Crippen molar-refractivity contribution < 1.29 is 19.6 Å². The topological polar surface area (TPSA) is 107 Å². The monoisotopic (exact) mass is 305 g/mol. The molecule has 0 amide bonds. The Labute approximate surface area is 120 Å². The van der Waals surface area contributed by atoms with E-state index in [1.807, 2.05) is 0 Å². The van der Waals surface area contributed by atoms with Crippen molar-refractivity contribution in [2.24, 2.45) is 0 Å². The minimum absolute atomic E-state index is 0.0521. The number of carbonyl (C=O) groups is 1. The fraction of sp³-hybridized carbons (Fsp3) is 0.636. The first kappa shape index (κ1) is 16.4. The van der Waals surface area contributed by atoms with Crippen LogP contribution in [0.15, 0.2) is 6.20 Å². The fourth-order valence-corrected chi connectivity index (χ4v) is 1.89. The van der Waals surface area contributed by atoms with Gasteiger partial charge in [0.2, 0.25) is 0 Å². The number of hydrogen-bond donors (Lipinski definition) is 1. The average molecular weight is 306 g/mol. The molecule has 1 rings (SSSR count). The van der Waals surface area contributed by atoms with Crippen molar-refractivity contribution in [2.75, 3.05) is 0 Å². The van der Waals surface area contributed by atoms with Crippen LogP contribution in [0, 0.1) is 10.1 Å². The number of aromatic nitrogens is 2. The zero-order chi connectivity index (χ0) is 15.3. The number of nitrogens with zero attached hydrogens (tertiary/aromatic N) is 3. The Morgan fingerprint density at radius 2 is 2.30 bits per heavy atom. The largest absolute Gasteiger partial charge is 0.463 e. The molecule has 1 heterocycles. The molecule has 0 bridgehead atoms. The standard InChI is InChI=1S/C11H16ClN3O5/c1-7(20-8(2)16)3-4-9(17)5-14-6-10(15(18)19)13-11(14)12/h6-7,9,17H,3-5H2,1-2H3. The molecule has 0 aromatic carbocycles. The number of rotatable bonds is 7. The van der Waals surface area contributed by atoms with Crippen molar-refractivity contribution in [1.82, 2.24) is 9.55 Å². The van der Waals surface area contributed by atoms with Crippen LogP contribution in [0.4, 0.5) is 5.82 Å². The molecule has 0 saturated heterocycles. The molecule has 1 aromatic rings. The molecule has 1 aromatic heterocycles. The average Bonchev–Trinajstić information content (AvgIpc) is 2.68. The van der Waals surface area contributed by atoms with Crippen LogP contribution in [-0.2, 0) is 16.1 Å². The SMILES string of the molecule is CC(=O)OC(C)CCC(O)Cn1cc([N+](=O)[O-])nc1Cl. The van der Waals surface area contributed by atoms with Gasteiger partial charge in [0.1, 0.15) is 6.20 Å². The summed E-state index contributed by atoms with van der Waals surface area (Å²) in [7, 11) is 0. The first-order chi connectivity index (χ1) is 9.29. The first-order valence-electron chi connectivity index (χ1n) is 6.02. The van der Waals surface area contributed by atoms with Gasteiger partial charge in [0, 0.05) is 6.92 Å². The maximum atomic E-state index is 10.7. The number of imidazole rings is 1. The molecule has 2 unspecified atom stereocenters. The fourth-order valence-electron chi connectivity index (χ4n) is 1.68. The maximum absolute atomic E-state index is 10.7. The molecule has 0 saturated carbocycles. The van der Waals surface area contributed by atoms with E-state index in [-0.39, 0.29) is 29.7 Å². The van der Waals surface area contributed by atoms with Gasteiger partial charge in [-0.15, -0.1) is 0 Å². The highest BCUT2D eigenvalue weighted by atomic mass is 35.5. The van der Waals surface area contributed by atoms with Crippen LogP contribution in [0.1, 0.15) is 26.7 Å². The van der Waals surface area contributed by atoms with Gasteiger partial charge in [0.05, 0.1) is 18.8 Å². The Morgan fingerprint density at radius 3 is 2.80 bits per heavy atom. The first-order valence-corrected chi connectivity index (χ1v) is 6.39. The van der Waals surface area contributed by atoms with Crippen LogP contribution in [0.25, 0.3) is 0 Å². The van der Waals surface area contributed by atoms with Crippen molar-refractivity contribution in [3.05, 3.63) is 21.6 Å². The zero-order valence-corrected chi connectivity index (χ0v) is 11.9. The van der Waals surface area contributed by atoms with E-state index in [1.54, 1.807) is 6.92 Å². The summed E-state index contributed by atoms with van der Waals surface area (Å²) < 4.78 is 6.23. The van der Waals surface area contributed by atoms with Crippen molar-refractivity contribution in [3.8, 4) is 0 Å². The van der Waals surface area contributed by atoms with Gasteiger partial charge in [0.25, 0.3) is 0 Å². The Morgan fingerprint density at radius 1 is 1.65 bits per heavy atom. The van der Waals surface area contributed by atoms with Gasteiger partial charge in [-0.05, 0) is 41.3 Å². The normalized spacial score (nSPS) is 13.8. The van der Waals surface area contributed by atoms with Crippen LogP contribution < -0.4 is 0 Å². The summed E-state index contributed by atoms with van der Waals surface area (Å²) in [5.74, 6) is -0.740. The number of nitro groups is 1. The highest BCUT2D eigenvalue weighted by molar-refractivity contribution is 6.28. The molecule has 0 spiro atoms. The number of halogens is 1. The van der Waals surface area contributed by atoms with Crippen LogP contribution >= 0.6 is 11.6 Å². The molecule has 0 radical (unpaired) electrons. The minimum Gasteiger partial charge on any atom is -0.463 e. The van der Waals surface area contributed by atoms with Crippen LogP contribution in [0.3, 0.4) is 0 Å². The van der Waals surface area contributed by atoms with E-state index in [0.29, 0.717) is 12.8 Å². The van der Waals surface area contributed by atoms with Gasteiger partial charge in [-0.1, -0.05) is 0 Å². The third-order valence-electron chi connectivity index (χ3n) is 2.58. The molecule has 9 heteroatoms. The molecule has 2 atom stereocenters. The van der Waals surface area contributed by atoms with E-state index in [1.165, 1.54) is 17.7 Å². The van der Waals surface area contributed by atoms with E-state index in [2.05, 4.69) is 4.98 Å². The second-order valence-corrected chi connectivity index (χ2v) is 4.77. The Hall–Kier alpha value is -1.67. The number of aliphatic hydroxyl groups is 1. The van der Waals surface area contributed by atoms with Crippen LogP contribution in [0.5, 0.6) is 0 Å². The second-order valence-electron chi connectivity index (χ2n) is 4.43. The molecular formula is C11H16ClN3O5. The summed E-state index contributed by atoms with van der Waals surface area (Å²) >= 11 is 5.73. The molecule has 0 aliphatic carbocycles. The third-order valence-corrected chi connectivity index (χ3v) is 2.88. The van der Waals surface area contributed by atoms with Crippen LogP contribution in [-0.4, -0.2) is 37.8 Å². The van der Waals surface area contributed by atoms with E-state index < -0.39 is 11.0 Å². The summed E-state index contributed by atoms with van der Waals surface area (Å²) in [5.41, 5.74) is 0. The van der Waals surface area contributed by atoms with E-state index in [4.69, 9.17) is 16.3 Å². The molecular weight excluding hydrogens is 290 g/mol. The molecule has 0 aliphatic heterocycles.